The topological polar surface area (TPSA) is 60.3 Å². The van der Waals surface area contributed by atoms with Crippen molar-refractivity contribution in [3.05, 3.63) is 35.7 Å². The molecule has 1 aromatic carbocycles. The summed E-state index contributed by atoms with van der Waals surface area (Å²) in [6, 6.07) is 8.08. The van der Waals surface area contributed by atoms with Gasteiger partial charge in [-0.1, -0.05) is 30.8 Å². The van der Waals surface area contributed by atoms with E-state index >= 15 is 0 Å². The monoisotopic (exact) mass is 358 g/mol. The molecule has 2 aliphatic heterocycles. The fraction of sp³-hybridized carbons (Fsp3) is 0.500. The van der Waals surface area contributed by atoms with Crippen LogP contribution in [0, 0.1) is 0 Å². The van der Waals surface area contributed by atoms with Crippen LogP contribution in [0.2, 0.25) is 0 Å². The molecule has 2 aromatic rings. The Bertz CT molecular complexity index is 785. The minimum Gasteiger partial charge on any atom is -0.497 e. The molecule has 1 fully saturated rings. The van der Waals surface area contributed by atoms with Crippen LogP contribution in [0.1, 0.15) is 42.0 Å². The van der Waals surface area contributed by atoms with Gasteiger partial charge in [0.1, 0.15) is 11.0 Å². The summed E-state index contributed by atoms with van der Waals surface area (Å²) in [5.41, 5.74) is 1.12. The number of rotatable bonds is 5. The zero-order chi connectivity index (χ0) is 17.4. The Morgan fingerprint density at radius 2 is 2.16 bits per heavy atom. The smallest absolute Gasteiger partial charge is 0.264 e. The normalized spacial score (nSPS) is 21.5. The lowest BCUT2D eigenvalue weighted by molar-refractivity contribution is 0.0847. The summed E-state index contributed by atoms with van der Waals surface area (Å²) in [6.07, 6.45) is 3.09. The van der Waals surface area contributed by atoms with Gasteiger partial charge in [-0.2, -0.15) is 4.68 Å². The second-order valence-corrected chi connectivity index (χ2v) is 7.53. The lowest BCUT2D eigenvalue weighted by Crippen LogP contribution is -2.37. The van der Waals surface area contributed by atoms with Gasteiger partial charge in [0, 0.05) is 6.42 Å². The van der Waals surface area contributed by atoms with Crippen molar-refractivity contribution in [3.63, 3.8) is 0 Å². The Kier molecular flexibility index (Phi) is 4.52. The number of aryl methyl sites for hydroxylation is 1. The highest BCUT2D eigenvalue weighted by Crippen LogP contribution is 2.42. The standard InChI is InChI=1S/C18H22N4O2S/c1-3-14-19-18-22(20-14)17(23)16(25-18)15(21-9-4-5-10-21)12-7-6-8-13(11-12)24-2/h6-8,11,15-16H,3-5,9-10H2,1-2H3. The Hall–Kier alpha value is -1.86. The summed E-state index contributed by atoms with van der Waals surface area (Å²) in [6.45, 7) is 4.03. The van der Waals surface area contributed by atoms with Gasteiger partial charge in [-0.3, -0.25) is 9.69 Å². The molecule has 0 radical (unpaired) electrons. The Morgan fingerprint density at radius 3 is 2.84 bits per heavy atom. The van der Waals surface area contributed by atoms with Gasteiger partial charge in [0.15, 0.2) is 11.0 Å². The number of thioether (sulfide) groups is 1. The third-order valence-corrected chi connectivity index (χ3v) is 6.07. The quantitative estimate of drug-likeness (QED) is 0.819. The molecule has 0 amide bonds. The Balaban J connectivity index is 1.69. The maximum absolute atomic E-state index is 13.0. The van der Waals surface area contributed by atoms with E-state index in [0.29, 0.717) is 0 Å². The number of methoxy groups -OCH3 is 1. The molecule has 132 valence electrons. The van der Waals surface area contributed by atoms with E-state index in [0.717, 1.165) is 41.8 Å². The van der Waals surface area contributed by atoms with Gasteiger partial charge < -0.3 is 4.74 Å². The lowest BCUT2D eigenvalue weighted by Gasteiger charge is -2.31. The van der Waals surface area contributed by atoms with Crippen molar-refractivity contribution < 1.29 is 9.53 Å². The molecular formula is C18H22N4O2S. The molecule has 3 heterocycles. The van der Waals surface area contributed by atoms with Crippen LogP contribution in [-0.4, -0.2) is 51.0 Å². The molecular weight excluding hydrogens is 336 g/mol. The van der Waals surface area contributed by atoms with E-state index in [2.05, 4.69) is 21.0 Å². The number of hydrogen-bond acceptors (Lipinski definition) is 6. The number of fused-ring (bicyclic) bond motifs is 1. The fourth-order valence-corrected chi connectivity index (χ4v) is 4.89. The predicted molar refractivity (Wildman–Crippen MR) is 96.2 cm³/mol. The van der Waals surface area contributed by atoms with Crippen molar-refractivity contribution in [3.8, 4) is 5.75 Å². The molecule has 7 heteroatoms. The first-order valence-corrected chi connectivity index (χ1v) is 9.64. The lowest BCUT2D eigenvalue weighted by atomic mass is 10.0. The van der Waals surface area contributed by atoms with Crippen LogP contribution >= 0.6 is 11.8 Å². The van der Waals surface area contributed by atoms with Gasteiger partial charge >= 0.3 is 0 Å². The fourth-order valence-electron chi connectivity index (χ4n) is 3.61. The van der Waals surface area contributed by atoms with Crippen molar-refractivity contribution >= 4 is 17.7 Å². The predicted octanol–water partition coefficient (Wildman–Crippen LogP) is 2.80. The number of carbonyl (C=O) groups excluding carboxylic acids is 1. The molecule has 0 bridgehead atoms. The highest BCUT2D eigenvalue weighted by molar-refractivity contribution is 8.00. The van der Waals surface area contributed by atoms with Crippen molar-refractivity contribution in [1.82, 2.24) is 19.7 Å². The highest BCUT2D eigenvalue weighted by Gasteiger charge is 2.43. The van der Waals surface area contributed by atoms with Crippen LogP contribution in [0.5, 0.6) is 5.75 Å². The molecule has 6 nitrogen and oxygen atoms in total. The number of carbonyl (C=O) groups is 1. The van der Waals surface area contributed by atoms with Gasteiger partial charge in [0.25, 0.3) is 5.91 Å². The summed E-state index contributed by atoms with van der Waals surface area (Å²) in [7, 11) is 1.67. The largest absolute Gasteiger partial charge is 0.497 e. The first-order valence-electron chi connectivity index (χ1n) is 8.76. The first kappa shape index (κ1) is 16.6. The zero-order valence-corrected chi connectivity index (χ0v) is 15.3. The summed E-state index contributed by atoms with van der Waals surface area (Å²) in [4.78, 5) is 19.9. The van der Waals surface area contributed by atoms with E-state index in [4.69, 9.17) is 4.74 Å². The Labute approximate surface area is 151 Å². The van der Waals surface area contributed by atoms with Crippen LogP contribution in [0.3, 0.4) is 0 Å². The average Bonchev–Trinajstić information content (AvgIpc) is 3.35. The molecule has 0 N–H and O–H groups in total. The van der Waals surface area contributed by atoms with Gasteiger partial charge in [0.05, 0.1) is 13.2 Å². The van der Waals surface area contributed by atoms with Crippen LogP contribution in [0.25, 0.3) is 0 Å². The number of nitrogens with zero attached hydrogens (tertiary/aromatic N) is 4. The molecule has 2 atom stereocenters. The maximum Gasteiger partial charge on any atom is 0.264 e. The zero-order valence-electron chi connectivity index (χ0n) is 14.5. The molecule has 4 rings (SSSR count). The van der Waals surface area contributed by atoms with Crippen molar-refractivity contribution in [2.75, 3.05) is 20.2 Å². The molecule has 0 spiro atoms. The second-order valence-electron chi connectivity index (χ2n) is 6.42. The third kappa shape index (κ3) is 2.95. The van der Waals surface area contributed by atoms with Gasteiger partial charge in [-0.25, -0.2) is 4.98 Å². The van der Waals surface area contributed by atoms with Crippen LogP contribution < -0.4 is 4.74 Å². The summed E-state index contributed by atoms with van der Waals surface area (Å²) in [5, 5.41) is 4.87. The minimum atomic E-state index is -0.217. The van der Waals surface area contributed by atoms with E-state index in [-0.39, 0.29) is 17.2 Å². The Morgan fingerprint density at radius 1 is 1.36 bits per heavy atom. The number of aromatic nitrogens is 3. The van der Waals surface area contributed by atoms with E-state index in [1.807, 2.05) is 25.1 Å². The molecule has 1 saturated heterocycles. The maximum atomic E-state index is 13.0. The number of likely N-dealkylation sites (tertiary alicyclic amines) is 1. The highest BCUT2D eigenvalue weighted by atomic mass is 32.2. The summed E-state index contributed by atoms with van der Waals surface area (Å²) < 4.78 is 6.89. The van der Waals surface area contributed by atoms with E-state index < -0.39 is 0 Å². The number of hydrogen-bond donors (Lipinski definition) is 0. The average molecular weight is 358 g/mol. The van der Waals surface area contributed by atoms with Crippen LogP contribution in [0.4, 0.5) is 0 Å². The number of benzene rings is 1. The first-order chi connectivity index (χ1) is 12.2. The second kappa shape index (κ2) is 6.80. The van der Waals surface area contributed by atoms with Crippen molar-refractivity contribution in [2.24, 2.45) is 0 Å². The molecule has 25 heavy (non-hydrogen) atoms. The number of ether oxygens (including phenoxy) is 1. The molecule has 0 aliphatic carbocycles. The van der Waals surface area contributed by atoms with E-state index in [9.17, 15) is 4.79 Å². The van der Waals surface area contributed by atoms with Gasteiger partial charge in [-0.05, 0) is 43.6 Å². The molecule has 2 unspecified atom stereocenters. The summed E-state index contributed by atoms with van der Waals surface area (Å²) >= 11 is 1.54. The minimum absolute atomic E-state index is 0.0173. The van der Waals surface area contributed by atoms with E-state index in [1.165, 1.54) is 17.5 Å². The third-order valence-electron chi connectivity index (χ3n) is 4.88. The van der Waals surface area contributed by atoms with Gasteiger partial charge in [0.2, 0.25) is 0 Å². The molecule has 1 aromatic heterocycles. The summed E-state index contributed by atoms with van der Waals surface area (Å²) in [5.74, 6) is 1.58. The molecule has 0 saturated carbocycles. The SMILES string of the molecule is CCc1nc2n(n1)C(=O)C(C(c1cccc(OC)c1)N1CCCC1)S2. The van der Waals surface area contributed by atoms with Crippen molar-refractivity contribution in [2.45, 2.75) is 42.6 Å². The molecule has 2 aliphatic rings. The van der Waals surface area contributed by atoms with Crippen LogP contribution in [-0.2, 0) is 6.42 Å². The van der Waals surface area contributed by atoms with E-state index in [1.54, 1.807) is 18.9 Å². The van der Waals surface area contributed by atoms with Crippen LogP contribution in [0.15, 0.2) is 29.4 Å². The van der Waals surface area contributed by atoms with Crippen molar-refractivity contribution in [1.29, 1.82) is 0 Å². The van der Waals surface area contributed by atoms with Gasteiger partial charge in [-0.15, -0.1) is 5.10 Å².